The molecule has 100 valence electrons. The molecule has 0 aromatic heterocycles. The first-order valence-electron chi connectivity index (χ1n) is 6.69. The minimum Gasteiger partial charge on any atom is -0.446 e. The molecular weight excluding hydrogens is 220 g/mol. The lowest BCUT2D eigenvalue weighted by atomic mass is 10.1. The van der Waals surface area contributed by atoms with Gasteiger partial charge in [0.05, 0.1) is 19.6 Å². The molecule has 1 fully saturated rings. The molecule has 0 radical (unpaired) electrons. The van der Waals surface area contributed by atoms with E-state index in [2.05, 4.69) is 32.4 Å². The van der Waals surface area contributed by atoms with E-state index in [9.17, 15) is 0 Å². The molecule has 0 amide bonds. The first-order valence-corrected chi connectivity index (χ1v) is 6.69. The van der Waals surface area contributed by atoms with Crippen molar-refractivity contribution in [3.8, 4) is 0 Å². The van der Waals surface area contributed by atoms with Crippen molar-refractivity contribution in [3.63, 3.8) is 0 Å². The number of rotatable bonds is 8. The van der Waals surface area contributed by atoms with Crippen molar-refractivity contribution < 1.29 is 8.97 Å². The third-order valence-corrected chi connectivity index (χ3v) is 4.09. The van der Waals surface area contributed by atoms with Gasteiger partial charge in [-0.05, 0) is 24.8 Å². The van der Waals surface area contributed by atoms with Gasteiger partial charge in [-0.3, -0.25) is 6.58 Å². The Morgan fingerprint density at radius 2 is 1.17 bits per heavy atom. The van der Waals surface area contributed by atoms with Crippen LogP contribution in [0.5, 0.6) is 0 Å². The topological polar surface area (TPSA) is 0 Å². The average Bonchev–Trinajstić information content (AvgIpc) is 2.35. The quantitative estimate of drug-likeness (QED) is 0.350. The molecule has 0 bridgehead atoms. The maximum absolute atomic E-state index is 3.90. The molecule has 0 saturated carbocycles. The molecule has 2 nitrogen and oxygen atoms in total. The molecule has 2 heteroatoms. The van der Waals surface area contributed by atoms with Gasteiger partial charge in [0.15, 0.2) is 0 Å². The van der Waals surface area contributed by atoms with Crippen LogP contribution in [0.15, 0.2) is 44.5 Å². The van der Waals surface area contributed by atoms with Crippen LogP contribution in [0.25, 0.3) is 0 Å². The maximum Gasteiger partial charge on any atom is 0.129 e. The average molecular weight is 247 g/mol. The van der Waals surface area contributed by atoms with Crippen molar-refractivity contribution in [2.24, 2.45) is 0 Å². The molecule has 1 aliphatic heterocycles. The smallest absolute Gasteiger partial charge is 0.129 e. The predicted octanol–water partition coefficient (Wildman–Crippen LogP) is 2.18. The highest BCUT2D eigenvalue weighted by atomic mass is 15.5. The van der Waals surface area contributed by atoms with E-state index in [-0.39, 0.29) is 0 Å². The van der Waals surface area contributed by atoms with Crippen LogP contribution in [-0.4, -0.2) is 61.3 Å². The van der Waals surface area contributed by atoms with Crippen LogP contribution in [0.2, 0.25) is 0 Å². The number of nitrogens with zero attached hydrogens (tertiary/aromatic N) is 2. The molecule has 1 heterocycles. The highest BCUT2D eigenvalue weighted by Gasteiger charge is 2.38. The summed E-state index contributed by atoms with van der Waals surface area (Å²) in [6, 6.07) is 0. The summed E-state index contributed by atoms with van der Waals surface area (Å²) in [5, 5.41) is 0. The van der Waals surface area contributed by atoms with Crippen LogP contribution in [0.4, 0.5) is 0 Å². The van der Waals surface area contributed by atoms with Crippen LogP contribution in [0.1, 0.15) is 0 Å². The highest BCUT2D eigenvalue weighted by molar-refractivity contribution is 4.75. The van der Waals surface area contributed by atoms with E-state index >= 15 is 0 Å². The van der Waals surface area contributed by atoms with E-state index in [1.165, 1.54) is 13.1 Å². The van der Waals surface area contributed by atoms with Gasteiger partial charge < -0.3 is 15.0 Å². The lowest BCUT2D eigenvalue weighted by Gasteiger charge is -2.50. The SMILES string of the molecule is C=[C-]C[N+]1(CC=C)CC[N+](CC=C)(CC=C)CC1. The van der Waals surface area contributed by atoms with Crippen molar-refractivity contribution in [3.05, 3.63) is 50.6 Å². The Hall–Kier alpha value is -1.12. The summed E-state index contributed by atoms with van der Waals surface area (Å²) in [6.45, 7) is 24.2. The lowest BCUT2D eigenvalue weighted by molar-refractivity contribution is -1.02. The summed E-state index contributed by atoms with van der Waals surface area (Å²) in [6.07, 6.45) is 9.18. The van der Waals surface area contributed by atoms with Crippen molar-refractivity contribution in [2.75, 3.05) is 52.4 Å². The molecule has 0 N–H and O–H groups in total. The normalized spacial score (nSPS) is 20.9. The summed E-state index contributed by atoms with van der Waals surface area (Å²) in [4.78, 5) is 0. The zero-order valence-corrected chi connectivity index (χ0v) is 11.6. The van der Waals surface area contributed by atoms with Crippen LogP contribution in [-0.2, 0) is 0 Å². The molecule has 1 rings (SSSR count). The fourth-order valence-electron chi connectivity index (χ4n) is 2.98. The molecule has 0 atom stereocenters. The zero-order valence-electron chi connectivity index (χ0n) is 11.6. The highest BCUT2D eigenvalue weighted by Crippen LogP contribution is 2.20. The zero-order chi connectivity index (χ0) is 13.5. The number of hydrogen-bond donors (Lipinski definition) is 0. The van der Waals surface area contributed by atoms with Gasteiger partial charge in [-0.25, -0.2) is 0 Å². The van der Waals surface area contributed by atoms with Crippen molar-refractivity contribution in [2.45, 2.75) is 0 Å². The maximum atomic E-state index is 3.90. The third kappa shape index (κ3) is 3.44. The second kappa shape index (κ2) is 6.72. The summed E-state index contributed by atoms with van der Waals surface area (Å²) in [7, 11) is 0. The molecule has 0 aromatic carbocycles. The van der Waals surface area contributed by atoms with Crippen molar-refractivity contribution in [1.82, 2.24) is 0 Å². The summed E-state index contributed by atoms with van der Waals surface area (Å²) in [5.41, 5.74) is 0. The van der Waals surface area contributed by atoms with Gasteiger partial charge in [0.25, 0.3) is 0 Å². The molecule has 0 spiro atoms. The van der Waals surface area contributed by atoms with E-state index in [1.807, 2.05) is 18.2 Å². The van der Waals surface area contributed by atoms with E-state index in [0.717, 1.165) is 48.2 Å². The monoisotopic (exact) mass is 247 g/mol. The van der Waals surface area contributed by atoms with Crippen LogP contribution in [0, 0.1) is 6.08 Å². The molecule has 1 aliphatic rings. The van der Waals surface area contributed by atoms with Crippen LogP contribution >= 0.6 is 0 Å². The minimum absolute atomic E-state index is 0.925. The summed E-state index contributed by atoms with van der Waals surface area (Å²) in [5.74, 6) is 0. The molecule has 0 aliphatic carbocycles. The number of quaternary nitrogens is 2. The third-order valence-electron chi connectivity index (χ3n) is 4.09. The van der Waals surface area contributed by atoms with E-state index < -0.39 is 0 Å². The van der Waals surface area contributed by atoms with Gasteiger partial charge in [0.1, 0.15) is 26.2 Å². The molecule has 18 heavy (non-hydrogen) atoms. The first kappa shape index (κ1) is 14.9. The summed E-state index contributed by atoms with van der Waals surface area (Å²) < 4.78 is 2.16. The Morgan fingerprint density at radius 3 is 1.56 bits per heavy atom. The van der Waals surface area contributed by atoms with E-state index in [4.69, 9.17) is 0 Å². The molecular formula is C16H27N2+. The number of hydrogen-bond acceptors (Lipinski definition) is 0. The van der Waals surface area contributed by atoms with Crippen LogP contribution in [0.3, 0.4) is 0 Å². The molecule has 0 unspecified atom stereocenters. The Kier molecular flexibility index (Phi) is 5.57. The van der Waals surface area contributed by atoms with E-state index in [1.54, 1.807) is 0 Å². The van der Waals surface area contributed by atoms with Crippen LogP contribution < -0.4 is 0 Å². The fraction of sp³-hybridized carbons (Fsp3) is 0.500. The predicted molar refractivity (Wildman–Crippen MR) is 78.9 cm³/mol. The van der Waals surface area contributed by atoms with Gasteiger partial charge in [0, 0.05) is 0 Å². The Labute approximate surface area is 112 Å². The molecule has 1 saturated heterocycles. The largest absolute Gasteiger partial charge is 0.446 e. The minimum atomic E-state index is 0.925. The summed E-state index contributed by atoms with van der Waals surface area (Å²) >= 11 is 0. The Morgan fingerprint density at radius 1 is 0.778 bits per heavy atom. The second-order valence-corrected chi connectivity index (χ2v) is 5.40. The first-order chi connectivity index (χ1) is 8.66. The standard InChI is InChI=1S/C16H27N2/c1-5-9-17(10-6-2)13-15-18(11-7-3,12-8-4)16-14-17/h5-7H,1-4,9-16H2/q+1. The second-order valence-electron chi connectivity index (χ2n) is 5.40. The lowest BCUT2D eigenvalue weighted by Crippen LogP contribution is -2.67. The van der Waals surface area contributed by atoms with Gasteiger partial charge in [-0.2, -0.15) is 0 Å². The molecule has 0 aromatic rings. The number of piperazine rings is 1. The van der Waals surface area contributed by atoms with E-state index in [0.29, 0.717) is 0 Å². The fourth-order valence-corrected chi connectivity index (χ4v) is 2.98. The van der Waals surface area contributed by atoms with Crippen molar-refractivity contribution >= 4 is 0 Å². The van der Waals surface area contributed by atoms with Gasteiger partial charge in [-0.15, -0.1) is 0 Å². The Bertz CT molecular complexity index is 253. The van der Waals surface area contributed by atoms with Crippen molar-refractivity contribution in [1.29, 1.82) is 0 Å². The Balaban J connectivity index is 2.75. The van der Waals surface area contributed by atoms with Gasteiger partial charge in [0.2, 0.25) is 0 Å². The van der Waals surface area contributed by atoms with Gasteiger partial charge >= 0.3 is 0 Å². The van der Waals surface area contributed by atoms with Gasteiger partial charge in [-0.1, -0.05) is 19.7 Å².